The van der Waals surface area contributed by atoms with Crippen LogP contribution >= 0.6 is 0 Å². The number of hydrogen-bond acceptors (Lipinski definition) is 4. The summed E-state index contributed by atoms with van der Waals surface area (Å²) in [6.07, 6.45) is 0. The summed E-state index contributed by atoms with van der Waals surface area (Å²) in [5.41, 5.74) is 9.60. The summed E-state index contributed by atoms with van der Waals surface area (Å²) >= 11 is 0. The molecule has 23 heavy (non-hydrogen) atoms. The van der Waals surface area contributed by atoms with Gasteiger partial charge in [0.1, 0.15) is 18.1 Å². The zero-order valence-electron chi connectivity index (χ0n) is 13.3. The first-order valence-electron chi connectivity index (χ1n) is 7.66. The van der Waals surface area contributed by atoms with Gasteiger partial charge in [0, 0.05) is 11.6 Å². The van der Waals surface area contributed by atoms with Gasteiger partial charge in [0.25, 0.3) is 0 Å². The number of rotatable bonds is 5. The van der Waals surface area contributed by atoms with Gasteiger partial charge in [-0.1, -0.05) is 49.3 Å². The molecule has 0 amide bonds. The zero-order valence-corrected chi connectivity index (χ0v) is 13.3. The third-order valence-corrected chi connectivity index (χ3v) is 3.69. The summed E-state index contributed by atoms with van der Waals surface area (Å²) in [7, 11) is 0. The molecule has 2 aromatic carbocycles. The summed E-state index contributed by atoms with van der Waals surface area (Å²) in [5, 5.41) is 3.97. The summed E-state index contributed by atoms with van der Waals surface area (Å²) < 4.78 is 11.0. The van der Waals surface area contributed by atoms with E-state index < -0.39 is 0 Å². The predicted molar refractivity (Wildman–Crippen MR) is 91.2 cm³/mol. The Bertz CT molecular complexity index is 779. The van der Waals surface area contributed by atoms with E-state index in [0.717, 1.165) is 28.1 Å². The van der Waals surface area contributed by atoms with Crippen LogP contribution in [-0.2, 0) is 6.61 Å². The zero-order chi connectivity index (χ0) is 16.2. The van der Waals surface area contributed by atoms with Crippen LogP contribution in [0.25, 0.3) is 11.3 Å². The van der Waals surface area contributed by atoms with Crippen molar-refractivity contribution < 1.29 is 9.26 Å². The average molecular weight is 308 g/mol. The summed E-state index contributed by atoms with van der Waals surface area (Å²) in [6, 6.07) is 17.9. The van der Waals surface area contributed by atoms with E-state index in [1.54, 1.807) is 6.07 Å². The van der Waals surface area contributed by atoms with Crippen LogP contribution in [0.1, 0.15) is 30.9 Å². The molecule has 0 bridgehead atoms. The molecule has 0 aliphatic carbocycles. The normalized spacial score (nSPS) is 10.9. The van der Waals surface area contributed by atoms with Crippen LogP contribution in [0.3, 0.4) is 0 Å². The topological polar surface area (TPSA) is 61.3 Å². The Balaban J connectivity index is 1.85. The van der Waals surface area contributed by atoms with Gasteiger partial charge in [-0.2, -0.15) is 0 Å². The van der Waals surface area contributed by atoms with Gasteiger partial charge in [-0.3, -0.25) is 0 Å². The SMILES string of the molecule is CC(C)c1cc(-c2cc(N)on2)ccc1OCc1ccccc1. The number of benzene rings is 2. The standard InChI is InChI=1S/C19H20N2O2/c1-13(2)16-10-15(17-11-19(20)23-21-17)8-9-18(16)22-12-14-6-4-3-5-7-14/h3-11,13H,12,20H2,1-2H3. The van der Waals surface area contributed by atoms with Gasteiger partial charge in [-0.15, -0.1) is 0 Å². The molecule has 3 aromatic rings. The van der Waals surface area contributed by atoms with Crippen molar-refractivity contribution in [3.05, 3.63) is 65.7 Å². The number of aromatic nitrogens is 1. The first-order valence-corrected chi connectivity index (χ1v) is 7.66. The molecule has 0 atom stereocenters. The van der Waals surface area contributed by atoms with E-state index in [4.69, 9.17) is 15.0 Å². The fraction of sp³-hybridized carbons (Fsp3) is 0.211. The van der Waals surface area contributed by atoms with Crippen molar-refractivity contribution in [2.75, 3.05) is 5.73 Å². The first kappa shape index (κ1) is 15.2. The number of anilines is 1. The molecule has 3 rings (SSSR count). The molecule has 4 nitrogen and oxygen atoms in total. The fourth-order valence-corrected chi connectivity index (χ4v) is 2.45. The molecular weight excluding hydrogens is 288 g/mol. The van der Waals surface area contributed by atoms with E-state index in [-0.39, 0.29) is 0 Å². The Morgan fingerprint density at radius 2 is 1.87 bits per heavy atom. The minimum Gasteiger partial charge on any atom is -0.489 e. The van der Waals surface area contributed by atoms with E-state index >= 15 is 0 Å². The number of hydrogen-bond donors (Lipinski definition) is 1. The highest BCUT2D eigenvalue weighted by molar-refractivity contribution is 5.64. The maximum absolute atomic E-state index is 6.01. The van der Waals surface area contributed by atoms with Crippen molar-refractivity contribution in [3.63, 3.8) is 0 Å². The predicted octanol–water partition coefficient (Wildman–Crippen LogP) is 4.63. The lowest BCUT2D eigenvalue weighted by Gasteiger charge is -2.15. The van der Waals surface area contributed by atoms with Gasteiger partial charge in [-0.25, -0.2) is 0 Å². The van der Waals surface area contributed by atoms with Crippen molar-refractivity contribution in [1.82, 2.24) is 5.16 Å². The molecule has 0 radical (unpaired) electrons. The van der Waals surface area contributed by atoms with E-state index in [1.807, 2.05) is 30.3 Å². The second kappa shape index (κ2) is 6.57. The minimum absolute atomic E-state index is 0.315. The van der Waals surface area contributed by atoms with Crippen molar-refractivity contribution in [2.45, 2.75) is 26.4 Å². The van der Waals surface area contributed by atoms with E-state index in [0.29, 0.717) is 18.4 Å². The Morgan fingerprint density at radius 3 is 2.52 bits per heavy atom. The highest BCUT2D eigenvalue weighted by atomic mass is 16.5. The van der Waals surface area contributed by atoms with Crippen LogP contribution in [-0.4, -0.2) is 5.16 Å². The average Bonchev–Trinajstić information content (AvgIpc) is 3.00. The molecule has 0 unspecified atom stereocenters. The molecule has 1 heterocycles. The molecule has 4 heteroatoms. The maximum Gasteiger partial charge on any atom is 0.222 e. The van der Waals surface area contributed by atoms with Crippen molar-refractivity contribution in [2.24, 2.45) is 0 Å². The summed E-state index contributed by atoms with van der Waals surface area (Å²) in [4.78, 5) is 0. The monoisotopic (exact) mass is 308 g/mol. The van der Waals surface area contributed by atoms with Crippen LogP contribution in [0.2, 0.25) is 0 Å². The Morgan fingerprint density at radius 1 is 1.09 bits per heavy atom. The Kier molecular flexibility index (Phi) is 4.33. The molecule has 0 spiro atoms. The van der Waals surface area contributed by atoms with Gasteiger partial charge in [0.05, 0.1) is 0 Å². The lowest BCUT2D eigenvalue weighted by molar-refractivity contribution is 0.302. The van der Waals surface area contributed by atoms with Crippen molar-refractivity contribution in [1.29, 1.82) is 0 Å². The lowest BCUT2D eigenvalue weighted by Crippen LogP contribution is -2.00. The van der Waals surface area contributed by atoms with Crippen LogP contribution in [0, 0.1) is 0 Å². The van der Waals surface area contributed by atoms with Gasteiger partial charge < -0.3 is 15.0 Å². The van der Waals surface area contributed by atoms with Gasteiger partial charge >= 0.3 is 0 Å². The molecule has 0 aliphatic rings. The maximum atomic E-state index is 6.01. The van der Waals surface area contributed by atoms with Crippen molar-refractivity contribution >= 4 is 5.88 Å². The number of nitrogen functional groups attached to an aromatic ring is 1. The molecule has 118 valence electrons. The van der Waals surface area contributed by atoms with Gasteiger partial charge in [0.15, 0.2) is 0 Å². The molecule has 2 N–H and O–H groups in total. The number of nitrogens with zero attached hydrogens (tertiary/aromatic N) is 1. The second-order valence-corrected chi connectivity index (χ2v) is 5.80. The minimum atomic E-state index is 0.315. The number of ether oxygens (including phenoxy) is 1. The van der Waals surface area contributed by atoms with Crippen LogP contribution in [0.4, 0.5) is 5.88 Å². The highest BCUT2D eigenvalue weighted by Crippen LogP contribution is 2.32. The summed E-state index contributed by atoms with van der Waals surface area (Å²) in [6.45, 7) is 4.84. The van der Waals surface area contributed by atoms with Crippen LogP contribution < -0.4 is 10.5 Å². The molecule has 0 saturated carbocycles. The molecule has 0 fully saturated rings. The molecular formula is C19H20N2O2. The Hall–Kier alpha value is -2.75. The van der Waals surface area contributed by atoms with E-state index in [2.05, 4.69) is 37.2 Å². The van der Waals surface area contributed by atoms with E-state index in [1.165, 1.54) is 0 Å². The number of nitrogens with two attached hydrogens (primary N) is 1. The largest absolute Gasteiger partial charge is 0.489 e. The van der Waals surface area contributed by atoms with E-state index in [9.17, 15) is 0 Å². The van der Waals surface area contributed by atoms with Gasteiger partial charge in [-0.05, 0) is 35.2 Å². The lowest BCUT2D eigenvalue weighted by atomic mass is 9.98. The highest BCUT2D eigenvalue weighted by Gasteiger charge is 2.12. The molecule has 0 aliphatic heterocycles. The van der Waals surface area contributed by atoms with Crippen LogP contribution in [0.5, 0.6) is 5.75 Å². The first-order chi connectivity index (χ1) is 11.1. The second-order valence-electron chi connectivity index (χ2n) is 5.80. The Labute approximate surface area is 135 Å². The third-order valence-electron chi connectivity index (χ3n) is 3.69. The van der Waals surface area contributed by atoms with Crippen molar-refractivity contribution in [3.8, 4) is 17.0 Å². The van der Waals surface area contributed by atoms with Gasteiger partial charge in [0.2, 0.25) is 5.88 Å². The quantitative estimate of drug-likeness (QED) is 0.746. The third kappa shape index (κ3) is 3.54. The van der Waals surface area contributed by atoms with Crippen LogP contribution in [0.15, 0.2) is 59.1 Å². The summed E-state index contributed by atoms with van der Waals surface area (Å²) in [5.74, 6) is 1.55. The smallest absolute Gasteiger partial charge is 0.222 e. The molecule has 0 saturated heterocycles. The molecule has 1 aromatic heterocycles. The fourth-order valence-electron chi connectivity index (χ4n) is 2.45.